The summed E-state index contributed by atoms with van der Waals surface area (Å²) in [5, 5.41) is 15.4. The van der Waals surface area contributed by atoms with Crippen LogP contribution in [0, 0.1) is 17.0 Å². The molecule has 0 bridgehead atoms. The van der Waals surface area contributed by atoms with Gasteiger partial charge in [0.25, 0.3) is 5.88 Å². The van der Waals surface area contributed by atoms with Crippen LogP contribution in [0.25, 0.3) is 0 Å². The molecule has 0 aliphatic rings. The predicted octanol–water partition coefficient (Wildman–Crippen LogP) is 4.06. The average Bonchev–Trinajstić information content (AvgIpc) is 2.66. The van der Waals surface area contributed by atoms with E-state index in [1.165, 1.54) is 4.68 Å². The number of nitro groups is 1. The van der Waals surface area contributed by atoms with E-state index in [1.54, 1.807) is 25.1 Å². The van der Waals surface area contributed by atoms with Gasteiger partial charge in [-0.25, -0.2) is 4.68 Å². The predicted molar refractivity (Wildman–Crippen MR) is 78.1 cm³/mol. The number of aryl methyl sites for hydroxylation is 2. The molecule has 0 spiro atoms. The van der Waals surface area contributed by atoms with E-state index in [0.29, 0.717) is 18.0 Å². The SMILES string of the molecule is CCCn1nc(C)c([N+](=O)[O-])c1Oc1cccc(Br)c1. The molecule has 0 saturated carbocycles. The molecule has 0 atom stereocenters. The molecule has 0 saturated heterocycles. The lowest BCUT2D eigenvalue weighted by Crippen LogP contribution is -2.02. The zero-order valence-electron chi connectivity index (χ0n) is 11.2. The van der Waals surface area contributed by atoms with E-state index in [-0.39, 0.29) is 11.6 Å². The summed E-state index contributed by atoms with van der Waals surface area (Å²) in [7, 11) is 0. The van der Waals surface area contributed by atoms with Gasteiger partial charge in [0.15, 0.2) is 0 Å². The number of rotatable bonds is 5. The lowest BCUT2D eigenvalue weighted by molar-refractivity contribution is -0.386. The first kappa shape index (κ1) is 14.5. The van der Waals surface area contributed by atoms with Crippen LogP contribution in [0.5, 0.6) is 11.6 Å². The van der Waals surface area contributed by atoms with E-state index in [2.05, 4.69) is 21.0 Å². The van der Waals surface area contributed by atoms with Crippen molar-refractivity contribution in [3.8, 4) is 11.6 Å². The Morgan fingerprint density at radius 2 is 2.25 bits per heavy atom. The van der Waals surface area contributed by atoms with E-state index in [9.17, 15) is 10.1 Å². The van der Waals surface area contributed by atoms with Gasteiger partial charge in [0.2, 0.25) is 0 Å². The Balaban J connectivity index is 2.45. The molecule has 2 aromatic rings. The topological polar surface area (TPSA) is 70.2 Å². The third-order valence-electron chi connectivity index (χ3n) is 2.68. The van der Waals surface area contributed by atoms with Gasteiger partial charge in [-0.05, 0) is 31.5 Å². The van der Waals surface area contributed by atoms with Crippen LogP contribution < -0.4 is 4.74 Å². The number of ether oxygens (including phenoxy) is 1. The van der Waals surface area contributed by atoms with Crippen molar-refractivity contribution < 1.29 is 9.66 Å². The number of hydrogen-bond acceptors (Lipinski definition) is 4. The maximum Gasteiger partial charge on any atom is 0.353 e. The summed E-state index contributed by atoms with van der Waals surface area (Å²) in [6, 6.07) is 7.16. The molecule has 1 heterocycles. The van der Waals surface area contributed by atoms with Crippen molar-refractivity contribution in [1.82, 2.24) is 9.78 Å². The normalized spacial score (nSPS) is 10.6. The minimum Gasteiger partial charge on any atom is -0.434 e. The minimum absolute atomic E-state index is 0.0848. The molecule has 0 radical (unpaired) electrons. The molecular weight excluding hydrogens is 326 g/mol. The second-order valence-electron chi connectivity index (χ2n) is 4.28. The molecule has 106 valence electrons. The minimum atomic E-state index is -0.457. The van der Waals surface area contributed by atoms with Crippen LogP contribution in [0.3, 0.4) is 0 Å². The van der Waals surface area contributed by atoms with Crippen LogP contribution in [0.4, 0.5) is 5.69 Å². The van der Waals surface area contributed by atoms with Gasteiger partial charge in [0, 0.05) is 11.0 Å². The van der Waals surface area contributed by atoms with Gasteiger partial charge < -0.3 is 4.74 Å². The van der Waals surface area contributed by atoms with E-state index in [4.69, 9.17) is 4.74 Å². The van der Waals surface area contributed by atoms with Crippen molar-refractivity contribution in [2.24, 2.45) is 0 Å². The molecule has 0 amide bonds. The third kappa shape index (κ3) is 2.98. The van der Waals surface area contributed by atoms with Gasteiger partial charge in [-0.15, -0.1) is 0 Å². The van der Waals surface area contributed by atoms with Crippen LogP contribution in [0.2, 0.25) is 0 Å². The summed E-state index contributed by atoms with van der Waals surface area (Å²) in [6.45, 7) is 4.15. The maximum atomic E-state index is 11.2. The van der Waals surface area contributed by atoms with Crippen LogP contribution >= 0.6 is 15.9 Å². The van der Waals surface area contributed by atoms with Crippen LogP contribution in [-0.2, 0) is 6.54 Å². The Kier molecular flexibility index (Phi) is 4.39. The molecular formula is C13H14BrN3O3. The molecule has 0 aliphatic carbocycles. The molecule has 0 fully saturated rings. The van der Waals surface area contributed by atoms with Crippen molar-refractivity contribution in [1.29, 1.82) is 0 Å². The Morgan fingerprint density at radius 3 is 2.85 bits per heavy atom. The highest BCUT2D eigenvalue weighted by Gasteiger charge is 2.27. The standard InChI is InChI=1S/C13H14BrN3O3/c1-3-7-16-13(12(17(18)19)9(2)15-16)20-11-6-4-5-10(14)8-11/h4-6,8H,3,7H2,1-2H3. The fourth-order valence-corrected chi connectivity index (χ4v) is 2.25. The summed E-state index contributed by atoms with van der Waals surface area (Å²) in [4.78, 5) is 10.7. The Bertz CT molecular complexity index is 640. The molecule has 6 nitrogen and oxygen atoms in total. The number of aromatic nitrogens is 2. The Morgan fingerprint density at radius 1 is 1.50 bits per heavy atom. The van der Waals surface area contributed by atoms with E-state index in [1.807, 2.05) is 13.0 Å². The molecule has 1 aromatic heterocycles. The van der Waals surface area contributed by atoms with Crippen molar-refractivity contribution in [2.75, 3.05) is 0 Å². The molecule has 0 aliphatic heterocycles. The number of hydrogen-bond donors (Lipinski definition) is 0. The monoisotopic (exact) mass is 339 g/mol. The molecule has 20 heavy (non-hydrogen) atoms. The zero-order valence-corrected chi connectivity index (χ0v) is 12.8. The van der Waals surface area contributed by atoms with Gasteiger partial charge in [-0.3, -0.25) is 10.1 Å². The lowest BCUT2D eigenvalue weighted by Gasteiger charge is -2.07. The fraction of sp³-hybridized carbons (Fsp3) is 0.308. The van der Waals surface area contributed by atoms with E-state index >= 15 is 0 Å². The van der Waals surface area contributed by atoms with Gasteiger partial charge >= 0.3 is 5.69 Å². The Hall–Kier alpha value is -1.89. The fourth-order valence-electron chi connectivity index (χ4n) is 1.87. The number of nitrogens with zero attached hydrogens (tertiary/aromatic N) is 3. The van der Waals surface area contributed by atoms with Crippen molar-refractivity contribution in [3.05, 3.63) is 44.5 Å². The van der Waals surface area contributed by atoms with Gasteiger partial charge in [-0.1, -0.05) is 28.9 Å². The van der Waals surface area contributed by atoms with Crippen molar-refractivity contribution in [2.45, 2.75) is 26.8 Å². The highest BCUT2D eigenvalue weighted by molar-refractivity contribution is 9.10. The summed E-state index contributed by atoms with van der Waals surface area (Å²) >= 11 is 3.34. The van der Waals surface area contributed by atoms with Crippen LogP contribution in [0.1, 0.15) is 19.0 Å². The highest BCUT2D eigenvalue weighted by atomic mass is 79.9. The molecule has 2 rings (SSSR count). The van der Waals surface area contributed by atoms with Gasteiger partial charge in [0.1, 0.15) is 11.4 Å². The first-order chi connectivity index (χ1) is 9.52. The zero-order chi connectivity index (χ0) is 14.7. The smallest absolute Gasteiger partial charge is 0.353 e. The second-order valence-corrected chi connectivity index (χ2v) is 5.19. The maximum absolute atomic E-state index is 11.2. The highest BCUT2D eigenvalue weighted by Crippen LogP contribution is 2.34. The molecule has 1 aromatic carbocycles. The van der Waals surface area contributed by atoms with Crippen molar-refractivity contribution in [3.63, 3.8) is 0 Å². The summed E-state index contributed by atoms with van der Waals surface area (Å²) in [5.74, 6) is 0.701. The molecule has 0 unspecified atom stereocenters. The number of benzene rings is 1. The summed E-state index contributed by atoms with van der Waals surface area (Å²) in [5.41, 5.74) is 0.270. The Labute approximate surface area is 124 Å². The summed E-state index contributed by atoms with van der Waals surface area (Å²) < 4.78 is 8.06. The second kappa shape index (κ2) is 6.04. The van der Waals surface area contributed by atoms with Gasteiger partial charge in [-0.2, -0.15) is 5.10 Å². The van der Waals surface area contributed by atoms with Gasteiger partial charge in [0.05, 0.1) is 4.92 Å². The van der Waals surface area contributed by atoms with E-state index in [0.717, 1.165) is 10.9 Å². The number of halogens is 1. The van der Waals surface area contributed by atoms with E-state index < -0.39 is 4.92 Å². The first-order valence-electron chi connectivity index (χ1n) is 6.18. The summed E-state index contributed by atoms with van der Waals surface area (Å²) in [6.07, 6.45) is 0.813. The first-order valence-corrected chi connectivity index (χ1v) is 6.97. The van der Waals surface area contributed by atoms with Crippen molar-refractivity contribution >= 4 is 21.6 Å². The largest absolute Gasteiger partial charge is 0.434 e. The molecule has 0 N–H and O–H groups in total. The quantitative estimate of drug-likeness (QED) is 0.608. The van der Waals surface area contributed by atoms with Crippen LogP contribution in [0.15, 0.2) is 28.7 Å². The average molecular weight is 340 g/mol. The lowest BCUT2D eigenvalue weighted by atomic mass is 10.3. The molecule has 7 heteroatoms. The van der Waals surface area contributed by atoms with Crippen LogP contribution in [-0.4, -0.2) is 14.7 Å². The third-order valence-corrected chi connectivity index (χ3v) is 3.17.